The molecule has 8 heteroatoms. The van der Waals surface area contributed by atoms with Gasteiger partial charge in [-0.15, -0.1) is 5.10 Å². The summed E-state index contributed by atoms with van der Waals surface area (Å²) in [6, 6.07) is 8.84. The Morgan fingerprint density at radius 3 is 2.48 bits per heavy atom. The van der Waals surface area contributed by atoms with E-state index in [1.807, 2.05) is 0 Å². The molecular formula is C15H10F3N5. The summed E-state index contributed by atoms with van der Waals surface area (Å²) >= 11 is 0. The maximum atomic E-state index is 13.6. The Balaban J connectivity index is 1.79. The molecule has 3 rings (SSSR count). The van der Waals surface area contributed by atoms with Crippen molar-refractivity contribution >= 4 is 23.1 Å². The van der Waals surface area contributed by atoms with E-state index < -0.39 is 17.5 Å². The van der Waals surface area contributed by atoms with Crippen LogP contribution >= 0.6 is 0 Å². The molecule has 0 saturated carbocycles. The van der Waals surface area contributed by atoms with Crippen LogP contribution in [-0.4, -0.2) is 15.2 Å². The number of halogens is 3. The molecular weight excluding hydrogens is 307 g/mol. The Labute approximate surface area is 129 Å². The van der Waals surface area contributed by atoms with Crippen molar-refractivity contribution in [2.24, 2.45) is 0 Å². The monoisotopic (exact) mass is 317 g/mol. The molecule has 0 aliphatic rings. The number of hydrogen-bond acceptors (Lipinski definition) is 5. The largest absolute Gasteiger partial charge is 0.336 e. The highest BCUT2D eigenvalue weighted by atomic mass is 19.1. The summed E-state index contributed by atoms with van der Waals surface area (Å²) in [5, 5.41) is 12.9. The molecule has 0 bridgehead atoms. The molecule has 1 heterocycles. The van der Waals surface area contributed by atoms with Crippen LogP contribution in [-0.2, 0) is 0 Å². The van der Waals surface area contributed by atoms with Crippen LogP contribution in [0.4, 0.5) is 36.3 Å². The number of benzene rings is 2. The van der Waals surface area contributed by atoms with Gasteiger partial charge in [-0.2, -0.15) is 10.1 Å². The summed E-state index contributed by atoms with van der Waals surface area (Å²) < 4.78 is 39.6. The fourth-order valence-corrected chi connectivity index (χ4v) is 1.84. The van der Waals surface area contributed by atoms with E-state index in [-0.39, 0.29) is 17.5 Å². The van der Waals surface area contributed by atoms with Gasteiger partial charge in [0, 0.05) is 11.8 Å². The molecule has 0 radical (unpaired) electrons. The molecule has 3 aromatic rings. The zero-order valence-corrected chi connectivity index (χ0v) is 11.6. The quantitative estimate of drug-likeness (QED) is 0.767. The third-order valence-corrected chi connectivity index (χ3v) is 2.83. The summed E-state index contributed by atoms with van der Waals surface area (Å²) in [6.07, 6.45) is 1.28. The number of aromatic nitrogens is 3. The molecule has 2 aromatic carbocycles. The first kappa shape index (κ1) is 14.8. The number of nitrogens with one attached hydrogen (secondary N) is 2. The second-order valence-corrected chi connectivity index (χ2v) is 4.55. The van der Waals surface area contributed by atoms with Gasteiger partial charge >= 0.3 is 0 Å². The zero-order chi connectivity index (χ0) is 16.2. The lowest BCUT2D eigenvalue weighted by Gasteiger charge is -2.08. The van der Waals surface area contributed by atoms with Gasteiger partial charge in [0.1, 0.15) is 17.5 Å². The lowest BCUT2D eigenvalue weighted by molar-refractivity contribution is 0.586. The second-order valence-electron chi connectivity index (χ2n) is 4.55. The van der Waals surface area contributed by atoms with Gasteiger partial charge in [-0.1, -0.05) is 6.07 Å². The normalized spacial score (nSPS) is 10.4. The van der Waals surface area contributed by atoms with Gasteiger partial charge in [0.2, 0.25) is 5.95 Å². The van der Waals surface area contributed by atoms with E-state index in [1.165, 1.54) is 30.5 Å². The number of rotatable bonds is 4. The Morgan fingerprint density at radius 2 is 1.70 bits per heavy atom. The molecule has 116 valence electrons. The molecule has 0 spiro atoms. The summed E-state index contributed by atoms with van der Waals surface area (Å²) in [7, 11) is 0. The predicted molar refractivity (Wildman–Crippen MR) is 79.2 cm³/mol. The third-order valence-electron chi connectivity index (χ3n) is 2.83. The van der Waals surface area contributed by atoms with Crippen molar-refractivity contribution in [2.75, 3.05) is 10.6 Å². The van der Waals surface area contributed by atoms with Crippen molar-refractivity contribution in [2.45, 2.75) is 0 Å². The van der Waals surface area contributed by atoms with Crippen LogP contribution in [0, 0.1) is 17.5 Å². The first-order valence-corrected chi connectivity index (χ1v) is 6.54. The van der Waals surface area contributed by atoms with E-state index in [2.05, 4.69) is 25.8 Å². The highest BCUT2D eigenvalue weighted by molar-refractivity contribution is 5.59. The smallest absolute Gasteiger partial charge is 0.249 e. The molecule has 0 fully saturated rings. The first-order chi connectivity index (χ1) is 11.1. The van der Waals surface area contributed by atoms with Gasteiger partial charge in [-0.25, -0.2) is 13.2 Å². The van der Waals surface area contributed by atoms with Crippen molar-refractivity contribution in [3.8, 4) is 0 Å². The molecule has 0 amide bonds. The van der Waals surface area contributed by atoms with E-state index in [4.69, 9.17) is 0 Å². The highest BCUT2D eigenvalue weighted by Crippen LogP contribution is 2.20. The molecule has 1 aromatic heterocycles. The molecule has 0 aliphatic carbocycles. The van der Waals surface area contributed by atoms with Gasteiger partial charge < -0.3 is 10.6 Å². The number of nitrogens with zero attached hydrogens (tertiary/aromatic N) is 3. The molecule has 0 saturated heterocycles. The zero-order valence-electron chi connectivity index (χ0n) is 11.6. The molecule has 23 heavy (non-hydrogen) atoms. The van der Waals surface area contributed by atoms with Gasteiger partial charge in [-0.3, -0.25) is 0 Å². The molecule has 0 aliphatic heterocycles. The molecule has 0 unspecified atom stereocenters. The van der Waals surface area contributed by atoms with Crippen molar-refractivity contribution in [3.63, 3.8) is 0 Å². The Morgan fingerprint density at radius 1 is 0.870 bits per heavy atom. The van der Waals surface area contributed by atoms with Crippen molar-refractivity contribution in [1.82, 2.24) is 15.2 Å². The van der Waals surface area contributed by atoms with Gasteiger partial charge in [-0.05, 0) is 30.3 Å². The summed E-state index contributed by atoms with van der Waals surface area (Å²) in [5.41, 5.74) is 0.487. The Hall–Kier alpha value is -3.16. The maximum Gasteiger partial charge on any atom is 0.249 e. The van der Waals surface area contributed by atoms with Crippen LogP contribution in [0.25, 0.3) is 0 Å². The van der Waals surface area contributed by atoms with Crippen LogP contribution in [0.15, 0.2) is 48.7 Å². The lowest BCUT2D eigenvalue weighted by atomic mass is 10.3. The summed E-state index contributed by atoms with van der Waals surface area (Å²) in [5.74, 6) is -1.55. The number of hydrogen-bond donors (Lipinski definition) is 2. The minimum absolute atomic E-state index is 0.0450. The second kappa shape index (κ2) is 6.30. The van der Waals surface area contributed by atoms with E-state index in [0.717, 1.165) is 12.1 Å². The summed E-state index contributed by atoms with van der Waals surface area (Å²) in [6.45, 7) is 0. The first-order valence-electron chi connectivity index (χ1n) is 6.54. The van der Waals surface area contributed by atoms with Crippen LogP contribution in [0.1, 0.15) is 0 Å². The Kier molecular flexibility index (Phi) is 4.05. The van der Waals surface area contributed by atoms with E-state index >= 15 is 0 Å². The fraction of sp³-hybridized carbons (Fsp3) is 0. The lowest BCUT2D eigenvalue weighted by Crippen LogP contribution is -2.03. The van der Waals surface area contributed by atoms with Crippen LogP contribution in [0.5, 0.6) is 0 Å². The van der Waals surface area contributed by atoms with Crippen molar-refractivity contribution in [1.29, 1.82) is 0 Å². The fourth-order valence-electron chi connectivity index (χ4n) is 1.84. The van der Waals surface area contributed by atoms with Crippen molar-refractivity contribution in [3.05, 3.63) is 66.1 Å². The average molecular weight is 317 g/mol. The van der Waals surface area contributed by atoms with Crippen LogP contribution in [0.2, 0.25) is 0 Å². The SMILES string of the molecule is Fc1cccc(Nc2nncc(Nc3ccc(F)cc3F)n2)c1. The molecule has 2 N–H and O–H groups in total. The minimum Gasteiger partial charge on any atom is -0.336 e. The van der Waals surface area contributed by atoms with Crippen LogP contribution < -0.4 is 10.6 Å². The maximum absolute atomic E-state index is 13.6. The molecule has 0 atom stereocenters. The van der Waals surface area contributed by atoms with E-state index in [1.54, 1.807) is 6.07 Å². The van der Waals surface area contributed by atoms with Crippen LogP contribution in [0.3, 0.4) is 0 Å². The number of anilines is 4. The minimum atomic E-state index is -0.761. The predicted octanol–water partition coefficient (Wildman–Crippen LogP) is 3.78. The van der Waals surface area contributed by atoms with E-state index in [0.29, 0.717) is 5.69 Å². The van der Waals surface area contributed by atoms with Gasteiger partial charge in [0.15, 0.2) is 5.82 Å². The Bertz CT molecular complexity index is 841. The third kappa shape index (κ3) is 3.73. The van der Waals surface area contributed by atoms with Crippen molar-refractivity contribution < 1.29 is 13.2 Å². The van der Waals surface area contributed by atoms with Gasteiger partial charge in [0.25, 0.3) is 0 Å². The topological polar surface area (TPSA) is 62.7 Å². The van der Waals surface area contributed by atoms with E-state index in [9.17, 15) is 13.2 Å². The highest BCUT2D eigenvalue weighted by Gasteiger charge is 2.07. The average Bonchev–Trinajstić information content (AvgIpc) is 2.51. The van der Waals surface area contributed by atoms with Gasteiger partial charge in [0.05, 0.1) is 11.9 Å². The molecule has 5 nitrogen and oxygen atoms in total. The summed E-state index contributed by atoms with van der Waals surface area (Å²) in [4.78, 5) is 4.08. The standard InChI is InChI=1S/C15H10F3N5/c16-9-2-1-3-11(6-9)20-15-22-14(8-19-23-15)21-13-5-4-10(17)7-12(13)18/h1-8H,(H2,20,21,22,23).